The predicted octanol–water partition coefficient (Wildman–Crippen LogP) is 5.39. The maximum Gasteiger partial charge on any atom is 0.353 e. The fraction of sp³-hybridized carbons (Fsp3) is 0.0870. The molecule has 1 aromatic heterocycles. The second-order valence-electron chi connectivity index (χ2n) is 6.49. The summed E-state index contributed by atoms with van der Waals surface area (Å²) in [5.41, 5.74) is 1.39. The van der Waals surface area contributed by atoms with Crippen LogP contribution in [0.15, 0.2) is 64.9 Å². The number of hydrogen-bond acceptors (Lipinski definition) is 8. The van der Waals surface area contributed by atoms with Crippen LogP contribution in [0, 0.1) is 0 Å². The molecule has 0 bridgehead atoms. The van der Waals surface area contributed by atoms with Crippen molar-refractivity contribution < 1.29 is 23.8 Å². The van der Waals surface area contributed by atoms with Crippen LogP contribution in [0.4, 0.5) is 5.69 Å². The molecule has 0 aliphatic carbocycles. The number of ether oxygens (including phenoxy) is 3. The number of thioether (sulfide) groups is 1. The third kappa shape index (κ3) is 4.55. The summed E-state index contributed by atoms with van der Waals surface area (Å²) in [5.74, 6) is 0.716. The van der Waals surface area contributed by atoms with E-state index in [4.69, 9.17) is 26.4 Å². The Kier molecular flexibility index (Phi) is 6.59. The van der Waals surface area contributed by atoms with Crippen molar-refractivity contribution in [1.82, 2.24) is 0 Å². The van der Waals surface area contributed by atoms with Crippen molar-refractivity contribution in [2.45, 2.75) is 0 Å². The van der Waals surface area contributed by atoms with Crippen LogP contribution in [0.25, 0.3) is 6.08 Å². The van der Waals surface area contributed by atoms with Crippen molar-refractivity contribution in [3.63, 3.8) is 0 Å². The fourth-order valence-electron chi connectivity index (χ4n) is 2.98. The highest BCUT2D eigenvalue weighted by Gasteiger charge is 2.33. The van der Waals surface area contributed by atoms with Crippen LogP contribution in [0.3, 0.4) is 0 Å². The summed E-state index contributed by atoms with van der Waals surface area (Å²) < 4.78 is 16.4. The van der Waals surface area contributed by atoms with E-state index >= 15 is 0 Å². The summed E-state index contributed by atoms with van der Waals surface area (Å²) in [6.45, 7) is 0. The first kappa shape index (κ1) is 22.1. The number of anilines is 1. The fourth-order valence-corrected chi connectivity index (χ4v) is 4.87. The minimum atomic E-state index is -0.452. The van der Waals surface area contributed by atoms with Crippen molar-refractivity contribution in [3.8, 4) is 17.2 Å². The molecule has 1 saturated heterocycles. The molecule has 6 nitrogen and oxygen atoms in total. The van der Waals surface area contributed by atoms with E-state index < -0.39 is 5.97 Å². The zero-order valence-corrected chi connectivity index (χ0v) is 19.5. The molecule has 1 amide bonds. The predicted molar refractivity (Wildman–Crippen MR) is 131 cm³/mol. The number of esters is 1. The van der Waals surface area contributed by atoms with Gasteiger partial charge in [0.15, 0.2) is 15.8 Å². The average molecular weight is 484 g/mol. The topological polar surface area (TPSA) is 65.1 Å². The monoisotopic (exact) mass is 483 g/mol. The zero-order chi connectivity index (χ0) is 22.7. The first-order valence-electron chi connectivity index (χ1n) is 9.36. The Hall–Kier alpha value is -3.14. The molecule has 0 spiro atoms. The maximum atomic E-state index is 13.0. The largest absolute Gasteiger partial charge is 0.497 e. The van der Waals surface area contributed by atoms with Crippen LogP contribution in [0.1, 0.15) is 15.2 Å². The van der Waals surface area contributed by atoms with Crippen LogP contribution >= 0.6 is 35.3 Å². The highest BCUT2D eigenvalue weighted by atomic mass is 32.2. The number of rotatable bonds is 6. The molecule has 0 atom stereocenters. The Morgan fingerprint density at radius 3 is 2.47 bits per heavy atom. The summed E-state index contributed by atoms with van der Waals surface area (Å²) in [6.07, 6.45) is 1.73. The standard InChI is InChI=1S/C23H17NO5S3/c1-27-16-8-6-15(7-9-16)24-21(25)20(32-23(24)30)13-14-5-10-17(18(12-14)28-2)29-22(26)19-4-3-11-31-19/h3-13H,1-2H3/b20-13+. The average Bonchev–Trinajstić information content (AvgIpc) is 3.43. The van der Waals surface area contributed by atoms with E-state index in [1.807, 2.05) is 0 Å². The summed E-state index contributed by atoms with van der Waals surface area (Å²) in [6, 6.07) is 15.7. The molecule has 0 N–H and O–H groups in total. The van der Waals surface area contributed by atoms with Gasteiger partial charge in [0.05, 0.1) is 24.8 Å². The third-order valence-corrected chi connectivity index (χ3v) is 6.69. The number of hydrogen-bond donors (Lipinski definition) is 0. The number of methoxy groups -OCH3 is 2. The molecule has 0 radical (unpaired) electrons. The van der Waals surface area contributed by atoms with E-state index in [2.05, 4.69) is 0 Å². The maximum absolute atomic E-state index is 13.0. The Bertz CT molecular complexity index is 1200. The molecule has 3 aromatic rings. The Morgan fingerprint density at radius 2 is 1.81 bits per heavy atom. The van der Waals surface area contributed by atoms with E-state index in [0.717, 1.165) is 0 Å². The normalized spacial score (nSPS) is 14.7. The Labute approximate surface area is 198 Å². The quantitative estimate of drug-likeness (QED) is 0.202. The Balaban J connectivity index is 1.56. The molecule has 32 heavy (non-hydrogen) atoms. The van der Waals surface area contributed by atoms with E-state index in [1.54, 1.807) is 73.2 Å². The van der Waals surface area contributed by atoms with Gasteiger partial charge < -0.3 is 14.2 Å². The van der Waals surface area contributed by atoms with Gasteiger partial charge in [0.1, 0.15) is 10.6 Å². The zero-order valence-electron chi connectivity index (χ0n) is 17.1. The van der Waals surface area contributed by atoms with Crippen LogP contribution in [-0.4, -0.2) is 30.4 Å². The number of carbonyl (C=O) groups excluding carboxylic acids is 2. The molecule has 1 fully saturated rings. The van der Waals surface area contributed by atoms with E-state index in [0.29, 0.717) is 42.6 Å². The molecule has 1 aliphatic heterocycles. The van der Waals surface area contributed by atoms with Crippen LogP contribution in [0.2, 0.25) is 0 Å². The molecule has 4 rings (SSSR count). The Morgan fingerprint density at radius 1 is 1.03 bits per heavy atom. The summed E-state index contributed by atoms with van der Waals surface area (Å²) in [4.78, 5) is 27.7. The van der Waals surface area contributed by atoms with Gasteiger partial charge in [-0.1, -0.05) is 36.1 Å². The smallest absolute Gasteiger partial charge is 0.353 e. The lowest BCUT2D eigenvalue weighted by Crippen LogP contribution is -2.27. The van der Waals surface area contributed by atoms with Gasteiger partial charge in [-0.2, -0.15) is 0 Å². The molecule has 2 aromatic carbocycles. The van der Waals surface area contributed by atoms with E-state index in [-0.39, 0.29) is 5.91 Å². The van der Waals surface area contributed by atoms with Crippen molar-refractivity contribution in [3.05, 3.63) is 75.3 Å². The number of thiophene rings is 1. The van der Waals surface area contributed by atoms with Gasteiger partial charge in [0.25, 0.3) is 5.91 Å². The van der Waals surface area contributed by atoms with Crippen molar-refractivity contribution in [2.75, 3.05) is 19.1 Å². The highest BCUT2D eigenvalue weighted by Crippen LogP contribution is 2.37. The van der Waals surface area contributed by atoms with Crippen LogP contribution in [0.5, 0.6) is 17.2 Å². The molecule has 0 unspecified atom stereocenters. The van der Waals surface area contributed by atoms with Gasteiger partial charge in [-0.25, -0.2) is 4.79 Å². The first-order valence-corrected chi connectivity index (χ1v) is 11.5. The lowest BCUT2D eigenvalue weighted by molar-refractivity contribution is -0.113. The molecule has 0 saturated carbocycles. The van der Waals surface area contributed by atoms with Gasteiger partial charge in [0, 0.05) is 0 Å². The summed E-state index contributed by atoms with van der Waals surface area (Å²) >= 11 is 7.95. The third-order valence-electron chi connectivity index (χ3n) is 4.53. The molecule has 1 aliphatic rings. The van der Waals surface area contributed by atoms with Crippen molar-refractivity contribution >= 4 is 63.3 Å². The SMILES string of the molecule is COc1ccc(N2C(=O)/C(=C\c3ccc(OC(=O)c4cccs4)c(OC)c3)SC2=S)cc1. The number of amides is 1. The van der Waals surface area contributed by atoms with E-state index in [9.17, 15) is 9.59 Å². The lowest BCUT2D eigenvalue weighted by atomic mass is 10.1. The number of carbonyl (C=O) groups is 2. The molecular formula is C23H17NO5S3. The minimum Gasteiger partial charge on any atom is -0.497 e. The second-order valence-corrected chi connectivity index (χ2v) is 9.12. The van der Waals surface area contributed by atoms with Crippen molar-refractivity contribution in [1.29, 1.82) is 0 Å². The molecule has 162 valence electrons. The van der Waals surface area contributed by atoms with E-state index in [1.165, 1.54) is 35.1 Å². The van der Waals surface area contributed by atoms with Crippen LogP contribution < -0.4 is 19.1 Å². The minimum absolute atomic E-state index is 0.211. The number of thiocarbonyl (C=S) groups is 1. The molecule has 2 heterocycles. The van der Waals surface area contributed by atoms with Gasteiger partial charge in [-0.15, -0.1) is 11.3 Å². The van der Waals surface area contributed by atoms with Gasteiger partial charge in [-0.05, 0) is 59.5 Å². The van der Waals surface area contributed by atoms with Crippen molar-refractivity contribution in [2.24, 2.45) is 0 Å². The number of benzene rings is 2. The number of nitrogens with zero attached hydrogens (tertiary/aromatic N) is 1. The first-order chi connectivity index (χ1) is 15.5. The van der Waals surface area contributed by atoms with Crippen LogP contribution in [-0.2, 0) is 4.79 Å². The second kappa shape index (κ2) is 9.56. The van der Waals surface area contributed by atoms with Gasteiger partial charge in [0.2, 0.25) is 0 Å². The molecule has 9 heteroatoms. The lowest BCUT2D eigenvalue weighted by Gasteiger charge is -2.14. The highest BCUT2D eigenvalue weighted by molar-refractivity contribution is 8.27. The van der Waals surface area contributed by atoms with Gasteiger partial charge in [-0.3, -0.25) is 9.69 Å². The summed E-state index contributed by atoms with van der Waals surface area (Å²) in [5, 5.41) is 1.80. The molecular weight excluding hydrogens is 466 g/mol. The van der Waals surface area contributed by atoms with Gasteiger partial charge >= 0.3 is 5.97 Å². The summed E-state index contributed by atoms with van der Waals surface area (Å²) in [7, 11) is 3.07.